The average Bonchev–Trinajstić information content (AvgIpc) is 3.20. The third kappa shape index (κ3) is 9.43. The van der Waals surface area contributed by atoms with E-state index in [1.54, 1.807) is 14.2 Å². The van der Waals surface area contributed by atoms with Crippen molar-refractivity contribution < 1.29 is 114 Å². The zero-order chi connectivity index (χ0) is 51.3. The second-order valence-electron chi connectivity index (χ2n) is 13.3. The molecule has 5 aromatic rings. The van der Waals surface area contributed by atoms with Crippen LogP contribution in [-0.2, 0) is 30.1 Å². The average molecular weight is 1020 g/mol. The van der Waals surface area contributed by atoms with Gasteiger partial charge < -0.3 is 46.0 Å². The summed E-state index contributed by atoms with van der Waals surface area (Å²) in [5.41, 5.74) is -14.8. The summed E-state index contributed by atoms with van der Waals surface area (Å²) in [7, 11) is -16.8. The van der Waals surface area contributed by atoms with E-state index in [0.29, 0.717) is 48.5 Å². The van der Waals surface area contributed by atoms with Crippen molar-refractivity contribution in [3.8, 4) is 0 Å². The molecule has 0 spiro atoms. The number of carboxylic acids is 9. The largest absolute Gasteiger partial charge is 0.478 e. The smallest absolute Gasteiger partial charge is 0.337 e. The van der Waals surface area contributed by atoms with Crippen LogP contribution in [0.5, 0.6) is 0 Å². The number of hydrogen-bond donors (Lipinski definition) is 12. The van der Waals surface area contributed by atoms with Crippen molar-refractivity contribution in [2.24, 2.45) is 0 Å². The van der Waals surface area contributed by atoms with Crippen LogP contribution in [0.25, 0.3) is 10.8 Å². The van der Waals surface area contributed by atoms with Gasteiger partial charge in [0.25, 0.3) is 30.1 Å². The molecule has 0 aliphatic rings. The lowest BCUT2D eigenvalue weighted by Gasteiger charge is -2.19. The summed E-state index contributed by atoms with van der Waals surface area (Å²) in [6.45, 7) is 0. The number of nitrogens with one attached hydrogen (secondary N) is 3. The van der Waals surface area contributed by atoms with Gasteiger partial charge in [-0.05, 0) is 48.5 Å². The molecule has 68 heavy (non-hydrogen) atoms. The topological polar surface area (TPSA) is 474 Å². The normalized spacial score (nSPS) is 11.5. The Hall–Kier alpha value is -8.87. The SMILES string of the molecule is O=C(O)c1cc(NS(=O)(=O)c2cc3c(S(=O)(=O)Nc4cc(C(=O)O)c(C(=O)O)c(C(=O)O)c4)cccc3c(S(=O)(=O)Nc3cc(C(=O)O)c(C(=O)O)c(C(=O)O)c3)c2Cl)cc(C(=O)O)c1C(=O)O. The Morgan fingerprint density at radius 1 is 0.368 bits per heavy atom. The summed E-state index contributed by atoms with van der Waals surface area (Å²) >= 11 is 6.49. The molecule has 12 N–H and O–H groups in total. The van der Waals surface area contributed by atoms with Gasteiger partial charge in [0.1, 0.15) is 9.79 Å². The highest BCUT2D eigenvalue weighted by Gasteiger charge is 2.35. The van der Waals surface area contributed by atoms with Crippen molar-refractivity contribution in [3.05, 3.63) is 116 Å². The zero-order valence-electron chi connectivity index (χ0n) is 32.5. The molecule has 354 valence electrons. The predicted molar refractivity (Wildman–Crippen MR) is 223 cm³/mol. The zero-order valence-corrected chi connectivity index (χ0v) is 35.7. The number of halogens is 1. The summed E-state index contributed by atoms with van der Waals surface area (Å²) in [5, 5.41) is 83.4. The van der Waals surface area contributed by atoms with E-state index in [2.05, 4.69) is 0 Å². The first-order chi connectivity index (χ1) is 31.3. The van der Waals surface area contributed by atoms with Crippen molar-refractivity contribution in [2.75, 3.05) is 14.2 Å². The molecule has 0 atom stereocenters. The number of sulfonamides is 3. The van der Waals surface area contributed by atoms with Gasteiger partial charge in [-0.3, -0.25) is 14.2 Å². The monoisotopic (exact) mass is 1020 g/mol. The molecule has 0 radical (unpaired) electrons. The Bertz CT molecular complexity index is 3450. The second-order valence-corrected chi connectivity index (χ2v) is 18.6. The minimum atomic E-state index is -5.69. The number of carboxylic acid groups (broad SMARTS) is 9. The highest BCUT2D eigenvalue weighted by atomic mass is 35.5. The number of fused-ring (bicyclic) bond motifs is 1. The van der Waals surface area contributed by atoms with Crippen LogP contribution in [0.1, 0.15) is 93.2 Å². The summed E-state index contributed by atoms with van der Waals surface area (Å²) in [4.78, 5) is 103. The molecule has 5 rings (SSSR count). The van der Waals surface area contributed by atoms with Crippen molar-refractivity contribution in [2.45, 2.75) is 14.7 Å². The summed E-state index contributed by atoms with van der Waals surface area (Å²) in [6.07, 6.45) is 0. The number of hydrogen-bond acceptors (Lipinski definition) is 15. The molecule has 27 nitrogen and oxygen atoms in total. The third-order valence-corrected chi connectivity index (χ3v) is 14.0. The van der Waals surface area contributed by atoms with E-state index in [-0.39, 0.29) is 0 Å². The van der Waals surface area contributed by atoms with E-state index >= 15 is 0 Å². The Morgan fingerprint density at radius 3 is 0.926 bits per heavy atom. The van der Waals surface area contributed by atoms with E-state index in [4.69, 9.17) is 11.6 Å². The van der Waals surface area contributed by atoms with Gasteiger partial charge in [0, 0.05) is 10.8 Å². The van der Waals surface area contributed by atoms with Crippen molar-refractivity contribution in [3.63, 3.8) is 0 Å². The number of aromatic carboxylic acids is 9. The van der Waals surface area contributed by atoms with Crippen LogP contribution in [0.15, 0.2) is 75.4 Å². The van der Waals surface area contributed by atoms with Gasteiger partial charge in [-0.2, -0.15) is 0 Å². The lowest BCUT2D eigenvalue weighted by atomic mass is 10.00. The Morgan fingerprint density at radius 2 is 0.647 bits per heavy atom. The van der Waals surface area contributed by atoms with Crippen LogP contribution >= 0.6 is 11.6 Å². The molecule has 0 bridgehead atoms. The van der Waals surface area contributed by atoms with Crippen molar-refractivity contribution >= 4 is 123 Å². The maximum atomic E-state index is 14.4. The fourth-order valence-electron chi connectivity index (χ4n) is 6.44. The fraction of sp³-hybridized carbons (Fsp3) is 0. The van der Waals surface area contributed by atoms with Crippen molar-refractivity contribution in [1.82, 2.24) is 0 Å². The molecule has 0 aromatic heterocycles. The van der Waals surface area contributed by atoms with Crippen LogP contribution in [0.2, 0.25) is 5.02 Å². The maximum absolute atomic E-state index is 14.4. The lowest BCUT2D eigenvalue weighted by Crippen LogP contribution is -2.21. The van der Waals surface area contributed by atoms with Gasteiger partial charge in [-0.1, -0.05) is 23.7 Å². The molecular formula is C37H22ClN3O24S3. The summed E-state index contributed by atoms with van der Waals surface area (Å²) < 4.78 is 90.7. The standard InChI is InChI=1S/C37H22ClN3O24S3/c38-27-23(67(62,63)40-12-6-18(31(46)47)25(36(56)57)19(7-12)32(48)49)10-15-14(28(27)68(64,65)41-13-8-20(33(50)51)26(37(58)59)21(9-13)34(52)53)2-1-3-22(15)66(60,61)39-11-4-16(29(42)43)24(35(54)55)17(5-11)30(44)45/h1-10,39-41H,(H,42,43)(H,44,45)(H,46,47)(H,48,49)(H,50,51)(H,52,53)(H,54,55)(H,56,57)(H,58,59). The molecule has 0 unspecified atom stereocenters. The van der Waals surface area contributed by atoms with Crippen LogP contribution in [-0.4, -0.2) is 125 Å². The number of benzene rings is 5. The molecule has 31 heteroatoms. The van der Waals surface area contributed by atoms with Crippen LogP contribution in [0.3, 0.4) is 0 Å². The summed E-state index contributed by atoms with van der Waals surface area (Å²) in [5.74, 6) is -18.8. The molecule has 0 amide bonds. The molecule has 0 heterocycles. The Balaban J connectivity index is 1.87. The minimum Gasteiger partial charge on any atom is -0.478 e. The first-order valence-corrected chi connectivity index (χ1v) is 22.1. The third-order valence-electron chi connectivity index (χ3n) is 9.05. The van der Waals surface area contributed by atoms with Gasteiger partial charge >= 0.3 is 53.7 Å². The van der Waals surface area contributed by atoms with Gasteiger partial charge in [-0.15, -0.1) is 0 Å². The van der Waals surface area contributed by atoms with Gasteiger partial charge in [0.15, 0.2) is 0 Å². The van der Waals surface area contributed by atoms with Crippen molar-refractivity contribution in [1.29, 1.82) is 0 Å². The van der Waals surface area contributed by atoms with E-state index in [0.717, 1.165) is 12.1 Å². The van der Waals surface area contributed by atoms with Crippen LogP contribution < -0.4 is 14.2 Å². The molecular weight excluding hydrogens is 1000 g/mol. The van der Waals surface area contributed by atoms with Gasteiger partial charge in [0.2, 0.25) is 0 Å². The molecule has 0 saturated carbocycles. The van der Waals surface area contributed by atoms with Gasteiger partial charge in [-0.25, -0.2) is 68.4 Å². The van der Waals surface area contributed by atoms with Crippen LogP contribution in [0.4, 0.5) is 17.1 Å². The Labute approximate surface area is 380 Å². The summed E-state index contributed by atoms with van der Waals surface area (Å²) in [6, 6.07) is 4.62. The molecule has 0 aliphatic carbocycles. The lowest BCUT2D eigenvalue weighted by molar-refractivity contribution is 0.0632. The quantitative estimate of drug-likeness (QED) is 0.0599. The molecule has 0 fully saturated rings. The minimum absolute atomic E-state index is 0.316. The van der Waals surface area contributed by atoms with E-state index in [1.807, 2.05) is 0 Å². The second kappa shape index (κ2) is 17.8. The number of rotatable bonds is 18. The number of carbonyl (C=O) groups is 9. The van der Waals surface area contributed by atoms with E-state index in [1.165, 1.54) is 0 Å². The highest BCUT2D eigenvalue weighted by Crippen LogP contribution is 2.41. The highest BCUT2D eigenvalue weighted by molar-refractivity contribution is 7.94. The fourth-order valence-corrected chi connectivity index (χ4v) is 11.0. The van der Waals surface area contributed by atoms with Gasteiger partial charge in [0.05, 0.1) is 77.1 Å². The van der Waals surface area contributed by atoms with E-state index < -0.39 is 181 Å². The molecule has 0 saturated heterocycles. The van der Waals surface area contributed by atoms with E-state index in [9.17, 15) is 114 Å². The molecule has 5 aromatic carbocycles. The first kappa shape index (κ1) is 50.1. The molecule has 0 aliphatic heterocycles. The number of anilines is 3. The Kier molecular flexibility index (Phi) is 13.2. The maximum Gasteiger partial charge on any atom is 0.337 e. The first-order valence-electron chi connectivity index (χ1n) is 17.3. The predicted octanol–water partition coefficient (Wildman–Crippen LogP) is 3.18. The van der Waals surface area contributed by atoms with Crippen LogP contribution in [0, 0.1) is 0 Å².